The molecule has 1 aromatic carbocycles. The molecule has 0 fully saturated rings. The second-order valence-corrected chi connectivity index (χ2v) is 5.68. The Morgan fingerprint density at radius 1 is 1.30 bits per heavy atom. The van der Waals surface area contributed by atoms with Gasteiger partial charge in [0.25, 0.3) is 5.91 Å². The number of fused-ring (bicyclic) bond motifs is 1. The number of halogens is 1. The SMILES string of the molecule is O=C(COc1ccc(F)cc1)N1CCc2sccc2C1. The number of nitrogens with zero attached hydrogens (tertiary/aromatic N) is 1. The lowest BCUT2D eigenvalue weighted by Crippen LogP contribution is -2.38. The second kappa shape index (κ2) is 5.63. The topological polar surface area (TPSA) is 29.5 Å². The van der Waals surface area contributed by atoms with Crippen LogP contribution in [0.5, 0.6) is 5.75 Å². The minimum Gasteiger partial charge on any atom is -0.484 e. The first kappa shape index (κ1) is 13.1. The second-order valence-electron chi connectivity index (χ2n) is 4.68. The van der Waals surface area contributed by atoms with E-state index >= 15 is 0 Å². The summed E-state index contributed by atoms with van der Waals surface area (Å²) in [5.41, 5.74) is 1.23. The number of amides is 1. The molecule has 104 valence electrons. The minimum absolute atomic E-state index is 0.00883. The molecule has 0 saturated carbocycles. The van der Waals surface area contributed by atoms with Gasteiger partial charge in [-0.2, -0.15) is 0 Å². The Hall–Kier alpha value is -1.88. The Labute approximate surface area is 120 Å². The molecule has 0 unspecified atom stereocenters. The van der Waals surface area contributed by atoms with Crippen LogP contribution in [0.3, 0.4) is 0 Å². The van der Waals surface area contributed by atoms with Crippen LogP contribution >= 0.6 is 11.3 Å². The number of carbonyl (C=O) groups is 1. The van der Waals surface area contributed by atoms with Crippen molar-refractivity contribution in [3.63, 3.8) is 0 Å². The number of ether oxygens (including phenoxy) is 1. The van der Waals surface area contributed by atoms with Crippen LogP contribution in [-0.2, 0) is 17.8 Å². The Morgan fingerprint density at radius 3 is 2.90 bits per heavy atom. The van der Waals surface area contributed by atoms with Gasteiger partial charge < -0.3 is 9.64 Å². The predicted octanol–water partition coefficient (Wildman–Crippen LogP) is 2.85. The number of carbonyl (C=O) groups excluding carboxylic acids is 1. The maximum absolute atomic E-state index is 12.8. The van der Waals surface area contributed by atoms with Crippen molar-refractivity contribution >= 4 is 17.2 Å². The van der Waals surface area contributed by atoms with Gasteiger partial charge in [-0.25, -0.2) is 4.39 Å². The molecule has 0 radical (unpaired) electrons. The summed E-state index contributed by atoms with van der Waals surface area (Å²) in [7, 11) is 0. The molecule has 0 spiro atoms. The summed E-state index contributed by atoms with van der Waals surface area (Å²) in [5, 5.41) is 2.06. The van der Waals surface area contributed by atoms with Gasteiger partial charge in [-0.15, -0.1) is 11.3 Å². The number of hydrogen-bond acceptors (Lipinski definition) is 3. The molecule has 20 heavy (non-hydrogen) atoms. The number of thiophene rings is 1. The molecule has 2 aromatic rings. The van der Waals surface area contributed by atoms with Crippen molar-refractivity contribution in [1.82, 2.24) is 4.90 Å². The molecule has 1 aliphatic rings. The van der Waals surface area contributed by atoms with Crippen molar-refractivity contribution in [2.24, 2.45) is 0 Å². The zero-order valence-corrected chi connectivity index (χ0v) is 11.7. The van der Waals surface area contributed by atoms with Gasteiger partial charge in [0, 0.05) is 18.0 Å². The van der Waals surface area contributed by atoms with E-state index in [2.05, 4.69) is 11.4 Å². The van der Waals surface area contributed by atoms with E-state index < -0.39 is 0 Å². The molecule has 5 heteroatoms. The van der Waals surface area contributed by atoms with E-state index in [1.807, 2.05) is 0 Å². The van der Waals surface area contributed by atoms with Crippen LogP contribution in [0.2, 0.25) is 0 Å². The minimum atomic E-state index is -0.315. The molecular formula is C15H14FNO2S. The van der Waals surface area contributed by atoms with Crippen LogP contribution in [0, 0.1) is 5.82 Å². The van der Waals surface area contributed by atoms with E-state index in [4.69, 9.17) is 4.74 Å². The van der Waals surface area contributed by atoms with Crippen LogP contribution in [0.1, 0.15) is 10.4 Å². The molecule has 1 aromatic heterocycles. The van der Waals surface area contributed by atoms with Gasteiger partial charge in [-0.05, 0) is 47.7 Å². The summed E-state index contributed by atoms with van der Waals surface area (Å²) >= 11 is 1.75. The number of rotatable bonds is 3. The summed E-state index contributed by atoms with van der Waals surface area (Å²) in [6.45, 7) is 1.38. The van der Waals surface area contributed by atoms with E-state index in [9.17, 15) is 9.18 Å². The highest BCUT2D eigenvalue weighted by Gasteiger charge is 2.21. The largest absolute Gasteiger partial charge is 0.484 e. The Bertz CT molecular complexity index is 609. The third kappa shape index (κ3) is 2.82. The zero-order chi connectivity index (χ0) is 13.9. The van der Waals surface area contributed by atoms with Crippen LogP contribution in [0.25, 0.3) is 0 Å². The van der Waals surface area contributed by atoms with Crippen molar-refractivity contribution in [3.05, 3.63) is 52.0 Å². The number of hydrogen-bond donors (Lipinski definition) is 0. The van der Waals surface area contributed by atoms with Crippen LogP contribution < -0.4 is 4.74 Å². The van der Waals surface area contributed by atoms with Gasteiger partial charge in [0.1, 0.15) is 11.6 Å². The molecule has 1 amide bonds. The highest BCUT2D eigenvalue weighted by atomic mass is 32.1. The van der Waals surface area contributed by atoms with Gasteiger partial charge in [0.2, 0.25) is 0 Å². The maximum atomic E-state index is 12.8. The summed E-state index contributed by atoms with van der Waals surface area (Å²) in [6.07, 6.45) is 0.912. The molecule has 0 aliphatic carbocycles. The third-order valence-corrected chi connectivity index (χ3v) is 4.36. The van der Waals surface area contributed by atoms with Crippen LogP contribution in [0.4, 0.5) is 4.39 Å². The van der Waals surface area contributed by atoms with Gasteiger partial charge >= 0.3 is 0 Å². The van der Waals surface area contributed by atoms with E-state index in [0.29, 0.717) is 12.3 Å². The Morgan fingerprint density at radius 2 is 2.10 bits per heavy atom. The maximum Gasteiger partial charge on any atom is 0.260 e. The van der Waals surface area contributed by atoms with Gasteiger partial charge in [-0.1, -0.05) is 0 Å². The normalized spacial score (nSPS) is 13.9. The highest BCUT2D eigenvalue weighted by molar-refractivity contribution is 7.10. The standard InChI is InChI=1S/C15H14FNO2S/c16-12-1-3-13(4-2-12)19-10-15(18)17-7-5-14-11(9-17)6-8-20-14/h1-4,6,8H,5,7,9-10H2. The van der Waals surface area contributed by atoms with Crippen molar-refractivity contribution in [2.75, 3.05) is 13.2 Å². The van der Waals surface area contributed by atoms with Crippen LogP contribution in [0.15, 0.2) is 35.7 Å². The summed E-state index contributed by atoms with van der Waals surface area (Å²) in [5.74, 6) is 0.156. The monoisotopic (exact) mass is 291 g/mol. The Balaban J connectivity index is 1.56. The third-order valence-electron chi connectivity index (χ3n) is 3.34. The van der Waals surface area contributed by atoms with Crippen molar-refractivity contribution < 1.29 is 13.9 Å². The van der Waals surface area contributed by atoms with Crippen LogP contribution in [-0.4, -0.2) is 24.0 Å². The molecular weight excluding hydrogens is 277 g/mol. The summed E-state index contributed by atoms with van der Waals surface area (Å²) < 4.78 is 18.1. The summed E-state index contributed by atoms with van der Waals surface area (Å²) in [6, 6.07) is 7.75. The fourth-order valence-corrected chi connectivity index (χ4v) is 3.12. The van der Waals surface area contributed by atoms with E-state index in [0.717, 1.165) is 13.0 Å². The quantitative estimate of drug-likeness (QED) is 0.870. The van der Waals surface area contributed by atoms with E-state index in [1.54, 1.807) is 16.2 Å². The van der Waals surface area contributed by atoms with Gasteiger partial charge in [-0.3, -0.25) is 4.79 Å². The molecule has 2 heterocycles. The molecule has 0 bridgehead atoms. The fourth-order valence-electron chi connectivity index (χ4n) is 2.23. The first-order chi connectivity index (χ1) is 9.72. The molecule has 3 nitrogen and oxygen atoms in total. The lowest BCUT2D eigenvalue weighted by molar-refractivity contribution is -0.134. The fraction of sp³-hybridized carbons (Fsp3) is 0.267. The van der Waals surface area contributed by atoms with Crippen molar-refractivity contribution in [2.45, 2.75) is 13.0 Å². The lowest BCUT2D eigenvalue weighted by Gasteiger charge is -2.26. The average Bonchev–Trinajstić information content (AvgIpc) is 2.93. The van der Waals surface area contributed by atoms with E-state index in [-0.39, 0.29) is 18.3 Å². The molecule has 1 aliphatic heterocycles. The lowest BCUT2D eigenvalue weighted by atomic mass is 10.1. The number of benzene rings is 1. The predicted molar refractivity (Wildman–Crippen MR) is 75.3 cm³/mol. The van der Waals surface area contributed by atoms with Gasteiger partial charge in [0.15, 0.2) is 6.61 Å². The molecule has 0 N–H and O–H groups in total. The highest BCUT2D eigenvalue weighted by Crippen LogP contribution is 2.24. The van der Waals surface area contributed by atoms with E-state index in [1.165, 1.54) is 34.7 Å². The van der Waals surface area contributed by atoms with Crippen molar-refractivity contribution in [1.29, 1.82) is 0 Å². The molecule has 0 saturated heterocycles. The summed E-state index contributed by atoms with van der Waals surface area (Å²) in [4.78, 5) is 15.3. The molecule has 3 rings (SSSR count). The first-order valence-electron chi connectivity index (χ1n) is 6.44. The zero-order valence-electron chi connectivity index (χ0n) is 10.8. The first-order valence-corrected chi connectivity index (χ1v) is 7.32. The average molecular weight is 291 g/mol. The molecule has 0 atom stereocenters. The van der Waals surface area contributed by atoms with Gasteiger partial charge in [0.05, 0.1) is 0 Å². The Kier molecular flexibility index (Phi) is 3.69. The smallest absolute Gasteiger partial charge is 0.260 e. The van der Waals surface area contributed by atoms with Crippen molar-refractivity contribution in [3.8, 4) is 5.75 Å².